The molecule has 2 heterocycles. The normalized spacial score (nSPS) is 12.2. The van der Waals surface area contributed by atoms with Gasteiger partial charge in [0, 0.05) is 12.5 Å². The van der Waals surface area contributed by atoms with E-state index in [0.717, 1.165) is 40.7 Å². The Labute approximate surface area is 129 Å². The zero-order valence-corrected chi connectivity index (χ0v) is 13.9. The first-order valence-corrected chi connectivity index (χ1v) is 7.42. The molecule has 0 saturated carbocycles. The first kappa shape index (κ1) is 17.1. The maximum atomic E-state index is 5.35. The molecule has 0 fully saturated rings. The van der Waals surface area contributed by atoms with E-state index in [1.807, 2.05) is 14.0 Å². The highest BCUT2D eigenvalue weighted by atomic mass is 35.5. The van der Waals surface area contributed by atoms with Crippen LogP contribution < -0.4 is 5.32 Å². The summed E-state index contributed by atoms with van der Waals surface area (Å²) in [6, 6.07) is 0.337. The van der Waals surface area contributed by atoms with E-state index in [-0.39, 0.29) is 12.4 Å². The van der Waals surface area contributed by atoms with Gasteiger partial charge in [0.2, 0.25) is 0 Å². The molecule has 5 nitrogen and oxygen atoms in total. The predicted octanol–water partition coefficient (Wildman–Crippen LogP) is 3.03. The van der Waals surface area contributed by atoms with Crippen molar-refractivity contribution in [3.05, 3.63) is 16.5 Å². The van der Waals surface area contributed by atoms with Crippen molar-refractivity contribution in [2.45, 2.75) is 46.1 Å². The van der Waals surface area contributed by atoms with Crippen LogP contribution in [0, 0.1) is 6.92 Å². The molecule has 0 aliphatic heterocycles. The van der Waals surface area contributed by atoms with Gasteiger partial charge in [-0.25, -0.2) is 4.98 Å². The highest BCUT2D eigenvalue weighted by molar-refractivity contribution is 7.15. The minimum Gasteiger partial charge on any atom is -0.333 e. The van der Waals surface area contributed by atoms with Gasteiger partial charge in [-0.05, 0) is 33.7 Å². The van der Waals surface area contributed by atoms with Crippen LogP contribution in [0.3, 0.4) is 0 Å². The first-order chi connectivity index (χ1) is 9.13. The fraction of sp³-hybridized carbons (Fsp3) is 0.615. The van der Waals surface area contributed by atoms with Gasteiger partial charge >= 0.3 is 0 Å². The number of thiazole rings is 1. The fourth-order valence-corrected chi connectivity index (χ4v) is 2.86. The number of likely N-dealkylation sites (N-methyl/N-ethyl adjacent to an activating group) is 1. The van der Waals surface area contributed by atoms with Gasteiger partial charge in [0.15, 0.2) is 5.82 Å². The van der Waals surface area contributed by atoms with Gasteiger partial charge in [-0.3, -0.25) is 0 Å². The Kier molecular flexibility index (Phi) is 6.58. The zero-order chi connectivity index (χ0) is 13.8. The minimum atomic E-state index is 0. The number of aromatic nitrogens is 3. The molecule has 112 valence electrons. The molecule has 0 aliphatic carbocycles. The Morgan fingerprint density at radius 1 is 1.35 bits per heavy atom. The molecule has 0 spiro atoms. The van der Waals surface area contributed by atoms with E-state index >= 15 is 0 Å². The molecule has 2 aromatic heterocycles. The van der Waals surface area contributed by atoms with Crippen LogP contribution in [0.15, 0.2) is 4.52 Å². The molecule has 1 unspecified atom stereocenters. The molecule has 20 heavy (non-hydrogen) atoms. The predicted molar refractivity (Wildman–Crippen MR) is 83.6 cm³/mol. The van der Waals surface area contributed by atoms with Gasteiger partial charge < -0.3 is 9.84 Å². The van der Waals surface area contributed by atoms with Crippen LogP contribution in [0.5, 0.6) is 0 Å². The summed E-state index contributed by atoms with van der Waals surface area (Å²) in [4.78, 5) is 10.00. The SMILES string of the molecule is CCCc1nc(C)c(-c2nc(CC(C)NC)no2)s1.Cl. The summed E-state index contributed by atoms with van der Waals surface area (Å²) in [6.07, 6.45) is 2.87. The lowest BCUT2D eigenvalue weighted by molar-refractivity contribution is 0.418. The van der Waals surface area contributed by atoms with Crippen molar-refractivity contribution in [2.75, 3.05) is 7.05 Å². The summed E-state index contributed by atoms with van der Waals surface area (Å²) in [5.41, 5.74) is 0.977. The number of rotatable bonds is 6. The van der Waals surface area contributed by atoms with Crippen LogP contribution in [0.1, 0.15) is 36.8 Å². The van der Waals surface area contributed by atoms with Gasteiger partial charge in [0.05, 0.1) is 10.7 Å². The number of nitrogens with one attached hydrogen (secondary N) is 1. The van der Waals surface area contributed by atoms with Crippen molar-refractivity contribution >= 4 is 23.7 Å². The monoisotopic (exact) mass is 316 g/mol. The van der Waals surface area contributed by atoms with Gasteiger partial charge in [0.1, 0.15) is 4.88 Å². The smallest absolute Gasteiger partial charge is 0.269 e. The van der Waals surface area contributed by atoms with Crippen molar-refractivity contribution in [2.24, 2.45) is 0 Å². The topological polar surface area (TPSA) is 63.8 Å². The third kappa shape index (κ3) is 4.01. The average Bonchev–Trinajstić information content (AvgIpc) is 2.96. The lowest BCUT2D eigenvalue weighted by Crippen LogP contribution is -2.24. The second kappa shape index (κ2) is 7.71. The molecule has 0 radical (unpaired) electrons. The maximum absolute atomic E-state index is 5.35. The number of nitrogens with zero attached hydrogens (tertiary/aromatic N) is 3. The minimum absolute atomic E-state index is 0. The lowest BCUT2D eigenvalue weighted by Gasteiger charge is -2.04. The van der Waals surface area contributed by atoms with E-state index in [2.05, 4.69) is 34.3 Å². The Balaban J connectivity index is 0.00000200. The number of hydrogen-bond donors (Lipinski definition) is 1. The van der Waals surface area contributed by atoms with Crippen molar-refractivity contribution in [3.63, 3.8) is 0 Å². The largest absolute Gasteiger partial charge is 0.333 e. The Morgan fingerprint density at radius 2 is 2.10 bits per heavy atom. The highest BCUT2D eigenvalue weighted by Gasteiger charge is 2.16. The third-order valence-electron chi connectivity index (χ3n) is 2.95. The molecular formula is C13H21ClN4OS. The molecule has 2 rings (SSSR count). The summed E-state index contributed by atoms with van der Waals surface area (Å²) < 4.78 is 5.35. The zero-order valence-electron chi connectivity index (χ0n) is 12.3. The molecule has 0 aromatic carbocycles. The van der Waals surface area contributed by atoms with Crippen LogP contribution >= 0.6 is 23.7 Å². The Hall–Kier alpha value is -0.980. The van der Waals surface area contributed by atoms with Crippen molar-refractivity contribution in [1.29, 1.82) is 0 Å². The number of hydrogen-bond acceptors (Lipinski definition) is 6. The molecule has 1 N–H and O–H groups in total. The van der Waals surface area contributed by atoms with Gasteiger partial charge in [0.25, 0.3) is 5.89 Å². The quantitative estimate of drug-likeness (QED) is 0.887. The van der Waals surface area contributed by atoms with E-state index in [4.69, 9.17) is 4.52 Å². The standard InChI is InChI=1S/C13H20N4OS.ClH/c1-5-6-11-15-9(3)12(19-11)13-16-10(17-18-13)7-8(2)14-4;/h8,14H,5-7H2,1-4H3;1H. The van der Waals surface area contributed by atoms with Crippen molar-refractivity contribution in [3.8, 4) is 10.8 Å². The number of aryl methyl sites for hydroxylation is 2. The van der Waals surface area contributed by atoms with Crippen LogP contribution in [-0.4, -0.2) is 28.2 Å². The van der Waals surface area contributed by atoms with Gasteiger partial charge in [-0.1, -0.05) is 12.1 Å². The first-order valence-electron chi connectivity index (χ1n) is 6.60. The summed E-state index contributed by atoms with van der Waals surface area (Å²) in [5.74, 6) is 1.33. The van der Waals surface area contributed by atoms with E-state index < -0.39 is 0 Å². The third-order valence-corrected chi connectivity index (χ3v) is 4.15. The average molecular weight is 317 g/mol. The molecule has 0 bridgehead atoms. The van der Waals surface area contributed by atoms with E-state index in [1.54, 1.807) is 11.3 Å². The Morgan fingerprint density at radius 3 is 2.75 bits per heavy atom. The van der Waals surface area contributed by atoms with Crippen LogP contribution in [0.25, 0.3) is 10.8 Å². The van der Waals surface area contributed by atoms with Crippen molar-refractivity contribution < 1.29 is 4.52 Å². The molecule has 7 heteroatoms. The maximum Gasteiger partial charge on any atom is 0.269 e. The molecule has 2 aromatic rings. The molecule has 0 amide bonds. The molecule has 1 atom stereocenters. The molecular weight excluding hydrogens is 296 g/mol. The van der Waals surface area contributed by atoms with Gasteiger partial charge in [-0.2, -0.15) is 4.98 Å². The van der Waals surface area contributed by atoms with Gasteiger partial charge in [-0.15, -0.1) is 23.7 Å². The van der Waals surface area contributed by atoms with Crippen LogP contribution in [0.2, 0.25) is 0 Å². The van der Waals surface area contributed by atoms with Crippen molar-refractivity contribution in [1.82, 2.24) is 20.4 Å². The summed E-state index contributed by atoms with van der Waals surface area (Å²) >= 11 is 1.65. The highest BCUT2D eigenvalue weighted by Crippen LogP contribution is 2.29. The number of halogens is 1. The van der Waals surface area contributed by atoms with E-state index in [9.17, 15) is 0 Å². The molecule has 0 aliphatic rings. The Bertz CT molecular complexity index is 540. The fourth-order valence-electron chi connectivity index (χ4n) is 1.78. The summed E-state index contributed by atoms with van der Waals surface area (Å²) in [7, 11) is 1.93. The summed E-state index contributed by atoms with van der Waals surface area (Å²) in [5, 5.41) is 8.33. The van der Waals surface area contributed by atoms with Crippen LogP contribution in [-0.2, 0) is 12.8 Å². The van der Waals surface area contributed by atoms with E-state index in [1.165, 1.54) is 0 Å². The second-order valence-corrected chi connectivity index (χ2v) is 5.77. The summed E-state index contributed by atoms with van der Waals surface area (Å²) in [6.45, 7) is 6.23. The second-order valence-electron chi connectivity index (χ2n) is 4.68. The lowest BCUT2D eigenvalue weighted by atomic mass is 10.2. The van der Waals surface area contributed by atoms with E-state index in [0.29, 0.717) is 11.9 Å². The van der Waals surface area contributed by atoms with Crippen LogP contribution in [0.4, 0.5) is 0 Å². The molecule has 0 saturated heterocycles.